The normalized spacial score (nSPS) is 13.8. The van der Waals surface area contributed by atoms with Gasteiger partial charge in [0.25, 0.3) is 0 Å². The van der Waals surface area contributed by atoms with Crippen molar-refractivity contribution < 1.29 is 4.74 Å². The van der Waals surface area contributed by atoms with E-state index in [9.17, 15) is 5.26 Å². The number of nitrogens with one attached hydrogen (secondary N) is 1. The minimum Gasteiger partial charge on any atom is -0.378 e. The molecular weight excluding hydrogens is 336 g/mol. The van der Waals surface area contributed by atoms with Crippen LogP contribution < -0.4 is 10.2 Å². The Morgan fingerprint density at radius 1 is 0.963 bits per heavy atom. The van der Waals surface area contributed by atoms with Gasteiger partial charge in [-0.1, -0.05) is 48.5 Å². The average molecular weight is 356 g/mol. The van der Waals surface area contributed by atoms with Crippen LogP contribution in [0, 0.1) is 11.3 Å². The number of para-hydroxylation sites is 1. The summed E-state index contributed by atoms with van der Waals surface area (Å²) in [6, 6.07) is 24.2. The standard InChI is InChI=1S/C22H20N4O/c23-16-20-19(17-7-3-1-4-8-17)15-21(24-18-9-5-2-6-10-18)25-22(20)26-11-13-27-14-12-26/h1-10,15H,11-14H2,(H,24,25). The van der Waals surface area contributed by atoms with Gasteiger partial charge in [0, 0.05) is 24.3 Å². The van der Waals surface area contributed by atoms with Gasteiger partial charge in [-0.2, -0.15) is 5.26 Å². The van der Waals surface area contributed by atoms with E-state index in [1.807, 2.05) is 66.7 Å². The van der Waals surface area contributed by atoms with E-state index in [1.54, 1.807) is 0 Å². The van der Waals surface area contributed by atoms with Crippen molar-refractivity contribution in [3.8, 4) is 17.2 Å². The number of pyridine rings is 1. The van der Waals surface area contributed by atoms with Gasteiger partial charge in [0.15, 0.2) is 0 Å². The first-order valence-electron chi connectivity index (χ1n) is 9.00. The summed E-state index contributed by atoms with van der Waals surface area (Å²) in [6.07, 6.45) is 0. The van der Waals surface area contributed by atoms with Crippen molar-refractivity contribution in [1.29, 1.82) is 5.26 Å². The highest BCUT2D eigenvalue weighted by molar-refractivity contribution is 5.80. The molecule has 1 saturated heterocycles. The molecule has 2 aromatic carbocycles. The molecule has 2 heterocycles. The molecule has 3 aromatic rings. The van der Waals surface area contributed by atoms with Crippen molar-refractivity contribution in [3.63, 3.8) is 0 Å². The summed E-state index contributed by atoms with van der Waals surface area (Å²) in [6.45, 7) is 2.74. The van der Waals surface area contributed by atoms with Crippen LogP contribution in [-0.2, 0) is 4.74 Å². The van der Waals surface area contributed by atoms with Gasteiger partial charge >= 0.3 is 0 Å². The Hall–Kier alpha value is -3.36. The van der Waals surface area contributed by atoms with Gasteiger partial charge in [-0.3, -0.25) is 0 Å². The second-order valence-electron chi connectivity index (χ2n) is 6.32. The summed E-state index contributed by atoms with van der Waals surface area (Å²) in [5.41, 5.74) is 3.44. The molecule has 0 unspecified atom stereocenters. The van der Waals surface area contributed by atoms with E-state index in [4.69, 9.17) is 9.72 Å². The molecule has 1 fully saturated rings. The van der Waals surface area contributed by atoms with Crippen molar-refractivity contribution in [2.75, 3.05) is 36.5 Å². The fourth-order valence-corrected chi connectivity index (χ4v) is 3.22. The highest BCUT2D eigenvalue weighted by Crippen LogP contribution is 2.33. The third-order valence-corrected chi connectivity index (χ3v) is 4.55. The first-order chi connectivity index (χ1) is 13.3. The number of anilines is 3. The molecule has 27 heavy (non-hydrogen) atoms. The highest BCUT2D eigenvalue weighted by Gasteiger charge is 2.21. The number of ether oxygens (including phenoxy) is 1. The lowest BCUT2D eigenvalue weighted by molar-refractivity contribution is 0.122. The molecule has 0 bridgehead atoms. The molecule has 5 heteroatoms. The lowest BCUT2D eigenvalue weighted by Crippen LogP contribution is -2.37. The van der Waals surface area contributed by atoms with E-state index in [0.717, 1.165) is 35.7 Å². The third-order valence-electron chi connectivity index (χ3n) is 4.55. The molecule has 134 valence electrons. The molecular formula is C22H20N4O. The molecule has 0 amide bonds. The molecule has 0 spiro atoms. The maximum absolute atomic E-state index is 9.90. The molecule has 1 aliphatic heterocycles. The largest absolute Gasteiger partial charge is 0.378 e. The van der Waals surface area contributed by atoms with Crippen molar-refractivity contribution in [2.24, 2.45) is 0 Å². The number of rotatable bonds is 4. The minimum atomic E-state index is 0.599. The maximum Gasteiger partial charge on any atom is 0.149 e. The predicted molar refractivity (Wildman–Crippen MR) is 107 cm³/mol. The van der Waals surface area contributed by atoms with Crippen LogP contribution in [0.2, 0.25) is 0 Å². The number of hydrogen-bond donors (Lipinski definition) is 1. The van der Waals surface area contributed by atoms with E-state index in [2.05, 4.69) is 16.3 Å². The monoisotopic (exact) mass is 356 g/mol. The third kappa shape index (κ3) is 3.76. The number of aromatic nitrogens is 1. The number of morpholine rings is 1. The van der Waals surface area contributed by atoms with Crippen molar-refractivity contribution in [3.05, 3.63) is 72.3 Å². The zero-order valence-electron chi connectivity index (χ0n) is 14.9. The second kappa shape index (κ2) is 7.90. The second-order valence-corrected chi connectivity index (χ2v) is 6.32. The number of nitrogens with zero attached hydrogens (tertiary/aromatic N) is 3. The van der Waals surface area contributed by atoms with Crippen LogP contribution in [0.4, 0.5) is 17.3 Å². The summed E-state index contributed by atoms with van der Waals surface area (Å²) in [4.78, 5) is 6.92. The fourth-order valence-electron chi connectivity index (χ4n) is 3.22. The van der Waals surface area contributed by atoms with E-state index < -0.39 is 0 Å². The molecule has 5 nitrogen and oxygen atoms in total. The van der Waals surface area contributed by atoms with Gasteiger partial charge < -0.3 is 15.0 Å². The van der Waals surface area contributed by atoms with Crippen molar-refractivity contribution in [2.45, 2.75) is 0 Å². The van der Waals surface area contributed by atoms with E-state index in [-0.39, 0.29) is 0 Å². The van der Waals surface area contributed by atoms with Crippen LogP contribution in [0.3, 0.4) is 0 Å². The first kappa shape index (κ1) is 17.1. The van der Waals surface area contributed by atoms with Crippen LogP contribution >= 0.6 is 0 Å². The Morgan fingerprint density at radius 3 is 2.30 bits per heavy atom. The van der Waals surface area contributed by atoms with Gasteiger partial charge in [-0.25, -0.2) is 4.98 Å². The molecule has 1 aliphatic rings. The molecule has 1 aromatic heterocycles. The number of benzene rings is 2. The SMILES string of the molecule is N#Cc1c(-c2ccccc2)cc(Nc2ccccc2)nc1N1CCOCC1. The average Bonchev–Trinajstić information content (AvgIpc) is 2.75. The number of hydrogen-bond acceptors (Lipinski definition) is 5. The van der Waals surface area contributed by atoms with Crippen molar-refractivity contribution in [1.82, 2.24) is 4.98 Å². The highest BCUT2D eigenvalue weighted by atomic mass is 16.5. The van der Waals surface area contributed by atoms with Gasteiger partial charge in [-0.05, 0) is 23.8 Å². The lowest BCUT2D eigenvalue weighted by atomic mass is 10.0. The lowest BCUT2D eigenvalue weighted by Gasteiger charge is -2.29. The van der Waals surface area contributed by atoms with Crippen LogP contribution in [-0.4, -0.2) is 31.3 Å². The van der Waals surface area contributed by atoms with E-state index in [1.165, 1.54) is 0 Å². The summed E-state index contributed by atoms with van der Waals surface area (Å²) < 4.78 is 5.47. The number of nitriles is 1. The predicted octanol–water partition coefficient (Wildman–Crippen LogP) is 4.20. The summed E-state index contributed by atoms with van der Waals surface area (Å²) in [5.74, 6) is 1.43. The van der Waals surface area contributed by atoms with E-state index in [0.29, 0.717) is 24.6 Å². The fraction of sp³-hybridized carbons (Fsp3) is 0.182. The summed E-state index contributed by atoms with van der Waals surface area (Å²) in [7, 11) is 0. The molecule has 0 atom stereocenters. The van der Waals surface area contributed by atoms with Gasteiger partial charge in [-0.15, -0.1) is 0 Å². The first-order valence-corrected chi connectivity index (χ1v) is 9.00. The smallest absolute Gasteiger partial charge is 0.149 e. The minimum absolute atomic E-state index is 0.599. The van der Waals surface area contributed by atoms with Crippen LogP contribution in [0.25, 0.3) is 11.1 Å². The molecule has 0 saturated carbocycles. The van der Waals surface area contributed by atoms with Gasteiger partial charge in [0.1, 0.15) is 23.3 Å². The maximum atomic E-state index is 9.90. The van der Waals surface area contributed by atoms with Crippen molar-refractivity contribution >= 4 is 17.3 Å². The molecule has 0 radical (unpaired) electrons. The van der Waals surface area contributed by atoms with Gasteiger partial charge in [0.2, 0.25) is 0 Å². The molecule has 1 N–H and O–H groups in total. The van der Waals surface area contributed by atoms with Crippen LogP contribution in [0.15, 0.2) is 66.7 Å². The Morgan fingerprint density at radius 2 is 1.63 bits per heavy atom. The molecule has 4 rings (SSSR count). The zero-order chi connectivity index (χ0) is 18.5. The Labute approximate surface area is 158 Å². The quantitative estimate of drug-likeness (QED) is 0.759. The molecule has 0 aliphatic carbocycles. The Balaban J connectivity index is 1.83. The van der Waals surface area contributed by atoms with Gasteiger partial charge in [0.05, 0.1) is 13.2 Å². The van der Waals surface area contributed by atoms with Crippen LogP contribution in [0.1, 0.15) is 5.56 Å². The van der Waals surface area contributed by atoms with Crippen LogP contribution in [0.5, 0.6) is 0 Å². The summed E-state index contributed by atoms with van der Waals surface area (Å²) in [5, 5.41) is 13.3. The Bertz CT molecular complexity index is 945. The Kier molecular flexibility index (Phi) is 4.99. The van der Waals surface area contributed by atoms with E-state index >= 15 is 0 Å². The summed E-state index contributed by atoms with van der Waals surface area (Å²) >= 11 is 0. The zero-order valence-corrected chi connectivity index (χ0v) is 14.9. The topological polar surface area (TPSA) is 61.2 Å².